The van der Waals surface area contributed by atoms with Crippen LogP contribution < -0.4 is 9.47 Å². The van der Waals surface area contributed by atoms with Gasteiger partial charge in [0, 0.05) is 24.4 Å². The standard InChI is InChI=1S/C28H30N2O3/c1-3-15-32-28-19-25-24(18-26(28)29-2)27(13-14-30-25)33-23-11-9-21(10-12-23)17-22(31)16-20-7-5-4-6-8-20/h9-14,18-20H,3-8,15-17H2,1H3. The van der Waals surface area contributed by atoms with E-state index in [1.54, 1.807) is 24.4 Å². The lowest BCUT2D eigenvalue weighted by Crippen LogP contribution is -2.13. The molecule has 0 aliphatic heterocycles. The van der Waals surface area contributed by atoms with E-state index in [1.165, 1.54) is 32.1 Å². The van der Waals surface area contributed by atoms with E-state index >= 15 is 0 Å². The summed E-state index contributed by atoms with van der Waals surface area (Å²) in [5.41, 5.74) is 2.17. The zero-order valence-corrected chi connectivity index (χ0v) is 19.2. The topological polar surface area (TPSA) is 52.8 Å². The number of aromatic nitrogens is 1. The Labute approximate surface area is 195 Å². The summed E-state index contributed by atoms with van der Waals surface area (Å²) in [6.07, 6.45) is 9.96. The molecule has 1 saturated carbocycles. The molecule has 170 valence electrons. The highest BCUT2D eigenvalue weighted by atomic mass is 16.5. The number of benzene rings is 2. The molecule has 0 amide bonds. The molecule has 0 bridgehead atoms. The summed E-state index contributed by atoms with van der Waals surface area (Å²) in [5.74, 6) is 2.76. The number of pyridine rings is 1. The third kappa shape index (κ3) is 5.90. The van der Waals surface area contributed by atoms with E-state index in [0.29, 0.717) is 54.1 Å². The van der Waals surface area contributed by atoms with E-state index in [4.69, 9.17) is 16.0 Å². The van der Waals surface area contributed by atoms with Gasteiger partial charge in [-0.15, -0.1) is 0 Å². The van der Waals surface area contributed by atoms with Crippen LogP contribution in [0.25, 0.3) is 15.7 Å². The van der Waals surface area contributed by atoms with Crippen LogP contribution >= 0.6 is 0 Å². The van der Waals surface area contributed by atoms with Crippen LogP contribution in [0, 0.1) is 12.5 Å². The number of ketones is 1. The number of hydrogen-bond acceptors (Lipinski definition) is 4. The summed E-state index contributed by atoms with van der Waals surface area (Å²) in [6, 6.07) is 13.1. The lowest BCUT2D eigenvalue weighted by molar-refractivity contribution is -0.119. The fourth-order valence-electron chi connectivity index (χ4n) is 4.46. The van der Waals surface area contributed by atoms with E-state index in [2.05, 4.69) is 9.83 Å². The summed E-state index contributed by atoms with van der Waals surface area (Å²) in [4.78, 5) is 20.5. The third-order valence-corrected chi connectivity index (χ3v) is 6.16. The molecule has 1 heterocycles. The molecule has 0 radical (unpaired) electrons. The van der Waals surface area contributed by atoms with Gasteiger partial charge in [0.2, 0.25) is 5.69 Å². The molecule has 0 N–H and O–H groups in total. The van der Waals surface area contributed by atoms with Crippen molar-refractivity contribution in [2.45, 2.75) is 58.3 Å². The first kappa shape index (κ1) is 22.8. The van der Waals surface area contributed by atoms with Gasteiger partial charge in [0.1, 0.15) is 23.0 Å². The predicted octanol–water partition coefficient (Wildman–Crippen LogP) is 7.45. The second kappa shape index (κ2) is 11.0. The molecule has 33 heavy (non-hydrogen) atoms. The zero-order chi connectivity index (χ0) is 23.0. The van der Waals surface area contributed by atoms with Crippen LogP contribution in [0.2, 0.25) is 0 Å². The molecule has 0 atom stereocenters. The molecule has 1 aromatic heterocycles. The van der Waals surface area contributed by atoms with Gasteiger partial charge in [0.05, 0.1) is 18.7 Å². The number of Topliss-reactive ketones (excluding diaryl/α,β-unsaturated/α-hetero) is 1. The van der Waals surface area contributed by atoms with Crippen LogP contribution in [0.15, 0.2) is 48.7 Å². The van der Waals surface area contributed by atoms with Crippen LogP contribution in [-0.2, 0) is 11.2 Å². The van der Waals surface area contributed by atoms with Crippen molar-refractivity contribution in [3.63, 3.8) is 0 Å². The maximum absolute atomic E-state index is 12.5. The van der Waals surface area contributed by atoms with Gasteiger partial charge in [0.15, 0.2) is 0 Å². The van der Waals surface area contributed by atoms with Crippen molar-refractivity contribution in [3.8, 4) is 17.2 Å². The van der Waals surface area contributed by atoms with Crippen LogP contribution in [-0.4, -0.2) is 17.4 Å². The second-order valence-corrected chi connectivity index (χ2v) is 8.78. The Balaban J connectivity index is 1.45. The molecule has 0 spiro atoms. The minimum atomic E-state index is 0.323. The van der Waals surface area contributed by atoms with Gasteiger partial charge in [-0.05, 0) is 48.2 Å². The highest BCUT2D eigenvalue weighted by Crippen LogP contribution is 2.37. The molecule has 3 aromatic rings. The molecular weight excluding hydrogens is 412 g/mol. The smallest absolute Gasteiger partial charge is 0.229 e. The van der Waals surface area contributed by atoms with Crippen molar-refractivity contribution in [2.24, 2.45) is 5.92 Å². The third-order valence-electron chi connectivity index (χ3n) is 6.16. The van der Waals surface area contributed by atoms with Crippen LogP contribution in [0.1, 0.15) is 57.4 Å². The van der Waals surface area contributed by atoms with Crippen LogP contribution in [0.5, 0.6) is 17.2 Å². The Morgan fingerprint density at radius 1 is 1.09 bits per heavy atom. The van der Waals surface area contributed by atoms with E-state index in [0.717, 1.165) is 22.9 Å². The minimum absolute atomic E-state index is 0.323. The van der Waals surface area contributed by atoms with Gasteiger partial charge in [-0.25, -0.2) is 4.85 Å². The summed E-state index contributed by atoms with van der Waals surface area (Å²) in [6.45, 7) is 10.1. The van der Waals surface area contributed by atoms with E-state index in [1.807, 2.05) is 31.2 Å². The Hall–Kier alpha value is -3.39. The fourth-order valence-corrected chi connectivity index (χ4v) is 4.46. The molecule has 4 rings (SSSR count). The number of carbonyl (C=O) groups excluding carboxylic acids is 1. The number of ether oxygens (including phenoxy) is 2. The molecule has 5 nitrogen and oxygen atoms in total. The summed E-state index contributed by atoms with van der Waals surface area (Å²) >= 11 is 0. The largest absolute Gasteiger partial charge is 0.505 e. The van der Waals surface area contributed by atoms with Crippen molar-refractivity contribution < 1.29 is 14.3 Å². The fraction of sp³-hybridized carbons (Fsp3) is 0.393. The molecule has 1 aliphatic rings. The molecule has 5 heteroatoms. The Kier molecular flexibility index (Phi) is 7.57. The quantitative estimate of drug-likeness (QED) is 0.323. The van der Waals surface area contributed by atoms with Crippen molar-refractivity contribution in [2.75, 3.05) is 6.61 Å². The monoisotopic (exact) mass is 442 g/mol. The van der Waals surface area contributed by atoms with Crippen molar-refractivity contribution in [1.29, 1.82) is 0 Å². The highest BCUT2D eigenvalue weighted by molar-refractivity contribution is 5.91. The van der Waals surface area contributed by atoms with Gasteiger partial charge in [-0.1, -0.05) is 51.2 Å². The second-order valence-electron chi connectivity index (χ2n) is 8.78. The number of hydrogen-bond donors (Lipinski definition) is 0. The van der Waals surface area contributed by atoms with Gasteiger partial charge in [-0.2, -0.15) is 0 Å². The maximum Gasteiger partial charge on any atom is 0.229 e. The van der Waals surface area contributed by atoms with Gasteiger partial charge in [-0.3, -0.25) is 9.78 Å². The lowest BCUT2D eigenvalue weighted by Gasteiger charge is -2.20. The summed E-state index contributed by atoms with van der Waals surface area (Å²) in [7, 11) is 0. The number of carbonyl (C=O) groups is 1. The highest BCUT2D eigenvalue weighted by Gasteiger charge is 2.17. The van der Waals surface area contributed by atoms with E-state index in [9.17, 15) is 4.79 Å². The van der Waals surface area contributed by atoms with Crippen molar-refractivity contribution >= 4 is 22.4 Å². The van der Waals surface area contributed by atoms with Crippen LogP contribution in [0.4, 0.5) is 5.69 Å². The Morgan fingerprint density at radius 3 is 2.61 bits per heavy atom. The molecule has 2 aromatic carbocycles. The minimum Gasteiger partial charge on any atom is -0.505 e. The van der Waals surface area contributed by atoms with Gasteiger partial charge >= 0.3 is 0 Å². The molecule has 0 saturated heterocycles. The first-order valence-corrected chi connectivity index (χ1v) is 11.9. The SMILES string of the molecule is [C-]#[N+]c1cc2c(Oc3ccc(CC(=O)CC4CCCCC4)cc3)ccnc2cc1OCCC. The first-order chi connectivity index (χ1) is 16.2. The summed E-state index contributed by atoms with van der Waals surface area (Å²) in [5, 5.41) is 0.763. The Bertz CT molecular complexity index is 1140. The number of fused-ring (bicyclic) bond motifs is 1. The molecule has 0 unspecified atom stereocenters. The maximum atomic E-state index is 12.5. The molecular formula is C28H30N2O3. The average Bonchev–Trinajstić information content (AvgIpc) is 2.84. The number of nitrogens with zero attached hydrogens (tertiary/aromatic N) is 2. The van der Waals surface area contributed by atoms with Crippen LogP contribution in [0.3, 0.4) is 0 Å². The van der Waals surface area contributed by atoms with Gasteiger partial charge in [0.25, 0.3) is 0 Å². The first-order valence-electron chi connectivity index (χ1n) is 11.9. The predicted molar refractivity (Wildman–Crippen MR) is 130 cm³/mol. The van der Waals surface area contributed by atoms with Crippen molar-refractivity contribution in [1.82, 2.24) is 4.98 Å². The zero-order valence-electron chi connectivity index (χ0n) is 19.2. The Morgan fingerprint density at radius 2 is 1.88 bits per heavy atom. The number of rotatable bonds is 9. The normalized spacial score (nSPS) is 14.1. The summed E-state index contributed by atoms with van der Waals surface area (Å²) < 4.78 is 11.8. The molecule has 1 fully saturated rings. The lowest BCUT2D eigenvalue weighted by atomic mass is 9.85. The van der Waals surface area contributed by atoms with E-state index < -0.39 is 0 Å². The van der Waals surface area contributed by atoms with Gasteiger partial charge < -0.3 is 9.47 Å². The molecule has 1 aliphatic carbocycles. The average molecular weight is 443 g/mol. The van der Waals surface area contributed by atoms with Crippen molar-refractivity contribution in [3.05, 3.63) is 65.6 Å². The van der Waals surface area contributed by atoms with E-state index in [-0.39, 0.29) is 0 Å².